The molecule has 1 aromatic heterocycles. The van der Waals surface area contributed by atoms with Crippen molar-refractivity contribution in [1.82, 2.24) is 4.57 Å². The van der Waals surface area contributed by atoms with Crippen LogP contribution in [-0.4, -0.2) is 4.57 Å². The Bertz CT molecular complexity index is 777. The van der Waals surface area contributed by atoms with Gasteiger partial charge in [-0.25, -0.2) is 0 Å². The second-order valence-electron chi connectivity index (χ2n) is 4.37. The fraction of sp³-hybridized carbons (Fsp3) is 0.143. The van der Waals surface area contributed by atoms with Gasteiger partial charge in [-0.3, -0.25) is 4.79 Å². The molecule has 6 heteroatoms. The third kappa shape index (κ3) is 2.72. The van der Waals surface area contributed by atoms with Crippen LogP contribution < -0.4 is 11.3 Å². The summed E-state index contributed by atoms with van der Waals surface area (Å²) in [6.07, 6.45) is 1.59. The molecule has 0 aliphatic carbocycles. The van der Waals surface area contributed by atoms with Gasteiger partial charge in [0.05, 0.1) is 28.3 Å². The number of aromatic nitrogens is 1. The molecule has 2 aromatic rings. The number of nitrogens with zero attached hydrogens (tertiary/aromatic N) is 2. The molecule has 4 nitrogen and oxygen atoms in total. The third-order valence-electron chi connectivity index (χ3n) is 3.03. The van der Waals surface area contributed by atoms with Gasteiger partial charge in [0, 0.05) is 11.2 Å². The van der Waals surface area contributed by atoms with Crippen molar-refractivity contribution in [2.24, 2.45) is 0 Å². The van der Waals surface area contributed by atoms with Gasteiger partial charge < -0.3 is 10.3 Å². The molecule has 0 amide bonds. The lowest BCUT2D eigenvalue weighted by Gasteiger charge is -2.11. The smallest absolute Gasteiger partial charge is 0.265 e. The molecule has 2 N–H and O–H groups in total. The highest BCUT2D eigenvalue weighted by Crippen LogP contribution is 2.21. The minimum Gasteiger partial charge on any atom is -0.397 e. The van der Waals surface area contributed by atoms with E-state index in [4.69, 9.17) is 22.6 Å². The molecule has 0 spiro atoms. The second kappa shape index (κ2) is 5.70. The summed E-state index contributed by atoms with van der Waals surface area (Å²) in [5, 5.41) is 9.25. The van der Waals surface area contributed by atoms with Crippen molar-refractivity contribution >= 4 is 33.2 Å². The summed E-state index contributed by atoms with van der Waals surface area (Å²) in [4.78, 5) is 12.1. The minimum atomic E-state index is -0.169. The zero-order valence-electron chi connectivity index (χ0n) is 10.7. The number of nitrogen functional groups attached to an aromatic ring is 1. The summed E-state index contributed by atoms with van der Waals surface area (Å²) in [6.45, 7) is 2.08. The van der Waals surface area contributed by atoms with Gasteiger partial charge in [0.1, 0.15) is 0 Å². The molecule has 102 valence electrons. The minimum absolute atomic E-state index is 0.169. The van der Waals surface area contributed by atoms with Crippen LogP contribution in [0.25, 0.3) is 0 Å². The van der Waals surface area contributed by atoms with Crippen molar-refractivity contribution in [3.63, 3.8) is 0 Å². The summed E-state index contributed by atoms with van der Waals surface area (Å²) in [5.41, 5.74) is 8.18. The van der Waals surface area contributed by atoms with E-state index in [0.717, 1.165) is 11.1 Å². The highest BCUT2D eigenvalue weighted by molar-refractivity contribution is 9.10. The third-order valence-corrected chi connectivity index (χ3v) is 4.31. The van der Waals surface area contributed by atoms with Crippen molar-refractivity contribution in [3.8, 4) is 6.07 Å². The zero-order chi connectivity index (χ0) is 14.9. The Morgan fingerprint density at radius 3 is 2.80 bits per heavy atom. The molecule has 2 rings (SSSR count). The fourth-order valence-electron chi connectivity index (χ4n) is 1.78. The van der Waals surface area contributed by atoms with Gasteiger partial charge in [0.25, 0.3) is 5.56 Å². The quantitative estimate of drug-likeness (QED) is 0.903. The van der Waals surface area contributed by atoms with Crippen LogP contribution in [0.4, 0.5) is 5.69 Å². The summed E-state index contributed by atoms with van der Waals surface area (Å²) >= 11 is 9.36. The summed E-state index contributed by atoms with van der Waals surface area (Å²) in [5.74, 6) is 0. The molecule has 1 aromatic carbocycles. The number of pyridine rings is 1. The standard InChI is InChI=1S/C14H11BrClN3O/c1-8-12(18)7-19(14(20)13(8)15)6-10-3-2-9(5-17)4-11(10)16/h2-4,7H,6,18H2,1H3. The van der Waals surface area contributed by atoms with E-state index in [1.807, 2.05) is 6.07 Å². The molecule has 0 aliphatic heterocycles. The van der Waals surface area contributed by atoms with E-state index >= 15 is 0 Å². The molecule has 20 heavy (non-hydrogen) atoms. The van der Waals surface area contributed by atoms with E-state index in [1.165, 1.54) is 4.57 Å². The Morgan fingerprint density at radius 1 is 1.50 bits per heavy atom. The largest absolute Gasteiger partial charge is 0.397 e. The van der Waals surface area contributed by atoms with Gasteiger partial charge >= 0.3 is 0 Å². The van der Waals surface area contributed by atoms with Crippen molar-refractivity contribution in [2.45, 2.75) is 13.5 Å². The Balaban J connectivity index is 2.46. The number of rotatable bonds is 2. The van der Waals surface area contributed by atoms with E-state index in [1.54, 1.807) is 31.3 Å². The highest BCUT2D eigenvalue weighted by atomic mass is 79.9. The molecule has 0 saturated carbocycles. The monoisotopic (exact) mass is 351 g/mol. The maximum Gasteiger partial charge on any atom is 0.265 e. The molecule has 0 bridgehead atoms. The van der Waals surface area contributed by atoms with Crippen LogP contribution in [-0.2, 0) is 6.54 Å². The molecular weight excluding hydrogens is 342 g/mol. The highest BCUT2D eigenvalue weighted by Gasteiger charge is 2.10. The van der Waals surface area contributed by atoms with Crippen LogP contribution in [0.2, 0.25) is 5.02 Å². The summed E-state index contributed by atoms with van der Waals surface area (Å²) in [6, 6.07) is 6.99. The predicted molar refractivity (Wildman–Crippen MR) is 82.8 cm³/mol. The number of halogens is 2. The van der Waals surface area contributed by atoms with Gasteiger partial charge in [0.2, 0.25) is 0 Å². The van der Waals surface area contributed by atoms with Crippen LogP contribution in [0.1, 0.15) is 16.7 Å². The summed E-state index contributed by atoms with van der Waals surface area (Å²) < 4.78 is 1.93. The molecule has 0 fully saturated rings. The first kappa shape index (κ1) is 14.6. The number of anilines is 1. The van der Waals surface area contributed by atoms with Crippen LogP contribution in [0, 0.1) is 18.3 Å². The van der Waals surface area contributed by atoms with Gasteiger partial charge in [-0.2, -0.15) is 5.26 Å². The van der Waals surface area contributed by atoms with Gasteiger partial charge in [-0.1, -0.05) is 17.7 Å². The van der Waals surface area contributed by atoms with Crippen molar-refractivity contribution < 1.29 is 0 Å². The fourth-order valence-corrected chi connectivity index (χ4v) is 2.48. The Kier molecular flexibility index (Phi) is 4.17. The Hall–Kier alpha value is -1.77. The molecule has 0 unspecified atom stereocenters. The zero-order valence-corrected chi connectivity index (χ0v) is 13.0. The average molecular weight is 353 g/mol. The number of nitriles is 1. The van der Waals surface area contributed by atoms with Gasteiger partial charge in [-0.05, 0) is 46.1 Å². The number of hydrogen-bond donors (Lipinski definition) is 1. The van der Waals surface area contributed by atoms with Gasteiger partial charge in [0.15, 0.2) is 0 Å². The second-order valence-corrected chi connectivity index (χ2v) is 5.57. The first-order valence-electron chi connectivity index (χ1n) is 5.77. The molecular formula is C14H11BrClN3O. The molecule has 1 heterocycles. The topological polar surface area (TPSA) is 71.8 Å². The molecule has 0 radical (unpaired) electrons. The maximum atomic E-state index is 12.1. The molecule has 0 atom stereocenters. The lowest BCUT2D eigenvalue weighted by Crippen LogP contribution is -2.23. The van der Waals surface area contributed by atoms with Crippen LogP contribution >= 0.6 is 27.5 Å². The first-order valence-corrected chi connectivity index (χ1v) is 6.94. The van der Waals surface area contributed by atoms with E-state index < -0.39 is 0 Å². The molecule has 0 saturated heterocycles. The maximum absolute atomic E-state index is 12.1. The molecule has 0 aliphatic rings. The van der Waals surface area contributed by atoms with Crippen molar-refractivity contribution in [3.05, 3.63) is 60.9 Å². The van der Waals surface area contributed by atoms with E-state index in [-0.39, 0.29) is 5.56 Å². The van der Waals surface area contributed by atoms with Crippen molar-refractivity contribution in [2.75, 3.05) is 5.73 Å². The SMILES string of the molecule is Cc1c(N)cn(Cc2ccc(C#N)cc2Cl)c(=O)c1Br. The van der Waals surface area contributed by atoms with Crippen LogP contribution in [0.5, 0.6) is 0 Å². The number of benzene rings is 1. The summed E-state index contributed by atoms with van der Waals surface area (Å²) in [7, 11) is 0. The van der Waals surface area contributed by atoms with Crippen LogP contribution in [0.15, 0.2) is 33.7 Å². The average Bonchev–Trinajstić information content (AvgIpc) is 2.44. The van der Waals surface area contributed by atoms with Crippen LogP contribution in [0.3, 0.4) is 0 Å². The van der Waals surface area contributed by atoms with Gasteiger partial charge in [-0.15, -0.1) is 0 Å². The van der Waals surface area contributed by atoms with E-state index in [0.29, 0.717) is 27.3 Å². The van der Waals surface area contributed by atoms with E-state index in [9.17, 15) is 4.79 Å². The Labute approximate surface area is 129 Å². The normalized spacial score (nSPS) is 10.3. The number of hydrogen-bond acceptors (Lipinski definition) is 3. The van der Waals surface area contributed by atoms with Crippen molar-refractivity contribution in [1.29, 1.82) is 5.26 Å². The lowest BCUT2D eigenvalue weighted by molar-refractivity contribution is 0.754. The predicted octanol–water partition coefficient (Wildman–Crippen LogP) is 3.07. The number of nitrogens with two attached hydrogens (primary N) is 1. The lowest BCUT2D eigenvalue weighted by atomic mass is 10.1. The van der Waals surface area contributed by atoms with E-state index in [2.05, 4.69) is 15.9 Å². The first-order chi connectivity index (χ1) is 9.43. The Morgan fingerprint density at radius 2 is 2.20 bits per heavy atom.